The number of sulfone groups is 1. The summed E-state index contributed by atoms with van der Waals surface area (Å²) in [6, 6.07) is 34.4. The minimum absolute atomic E-state index is 0.0168. The third kappa shape index (κ3) is 10.8. The van der Waals surface area contributed by atoms with Crippen LogP contribution >= 0.6 is 0 Å². The molecule has 0 unspecified atom stereocenters. The van der Waals surface area contributed by atoms with Crippen molar-refractivity contribution in [2.45, 2.75) is 18.4 Å². The molecule has 9 nitrogen and oxygen atoms in total. The molecular weight excluding hydrogens is 655 g/mol. The van der Waals surface area contributed by atoms with E-state index in [0.29, 0.717) is 51.1 Å². The Morgan fingerprint density at radius 1 is 0.680 bits per heavy atom. The first-order chi connectivity index (χ1) is 24.3. The smallest absolute Gasteiger partial charge is 0.175 e. The molecule has 0 aliphatic heterocycles. The van der Waals surface area contributed by atoms with Crippen molar-refractivity contribution in [2.75, 3.05) is 65.5 Å². The van der Waals surface area contributed by atoms with E-state index < -0.39 is 9.84 Å². The predicted molar refractivity (Wildman–Crippen MR) is 196 cm³/mol. The molecule has 0 saturated heterocycles. The Balaban J connectivity index is 1.27. The van der Waals surface area contributed by atoms with E-state index in [-0.39, 0.29) is 11.5 Å². The van der Waals surface area contributed by atoms with Crippen LogP contribution in [0.25, 0.3) is 21.9 Å². The lowest BCUT2D eigenvalue weighted by atomic mass is 9.99. The molecule has 0 amide bonds. The highest BCUT2D eigenvalue weighted by molar-refractivity contribution is 7.90. The maximum Gasteiger partial charge on any atom is 0.175 e. The number of nitrogens with zero attached hydrogens (tertiary/aromatic N) is 1. The molecular formula is C40H45NO8S. The Hall–Kier alpha value is -4.45. The average molecular weight is 700 g/mol. The first-order valence-corrected chi connectivity index (χ1v) is 18.7. The van der Waals surface area contributed by atoms with E-state index >= 15 is 0 Å². The van der Waals surface area contributed by atoms with E-state index in [0.717, 1.165) is 58.6 Å². The molecule has 5 aromatic rings. The van der Waals surface area contributed by atoms with Crippen molar-refractivity contribution in [3.63, 3.8) is 0 Å². The fraction of sp³-hybridized carbons (Fsp3) is 0.300. The summed E-state index contributed by atoms with van der Waals surface area (Å²) < 4.78 is 53.8. The monoisotopic (exact) mass is 699 g/mol. The molecule has 0 aromatic heterocycles. The van der Waals surface area contributed by atoms with Crippen LogP contribution in [0, 0.1) is 0 Å². The van der Waals surface area contributed by atoms with Crippen molar-refractivity contribution >= 4 is 20.6 Å². The normalized spacial score (nSPS) is 11.6. The highest BCUT2D eigenvalue weighted by atomic mass is 32.2. The molecule has 1 N–H and O–H groups in total. The second-order valence-corrected chi connectivity index (χ2v) is 13.7. The summed E-state index contributed by atoms with van der Waals surface area (Å²) in [7, 11) is -3.33. The Morgan fingerprint density at radius 3 is 2.06 bits per heavy atom. The highest BCUT2D eigenvalue weighted by Gasteiger charge is 2.15. The first kappa shape index (κ1) is 36.8. The van der Waals surface area contributed by atoms with E-state index in [1.807, 2.05) is 84.9 Å². The van der Waals surface area contributed by atoms with Crippen molar-refractivity contribution < 1.29 is 37.2 Å². The summed E-state index contributed by atoms with van der Waals surface area (Å²) in [4.78, 5) is 2.52. The van der Waals surface area contributed by atoms with Crippen molar-refractivity contribution in [3.8, 4) is 34.1 Å². The summed E-state index contributed by atoms with van der Waals surface area (Å²) in [6.07, 6.45) is 1.20. The number of aliphatic hydroxyl groups is 1. The van der Waals surface area contributed by atoms with Gasteiger partial charge < -0.3 is 28.8 Å². The number of hydrogen-bond acceptors (Lipinski definition) is 9. The molecule has 10 heteroatoms. The molecule has 0 aliphatic carbocycles. The van der Waals surface area contributed by atoms with Crippen LogP contribution in [-0.4, -0.2) is 84.0 Å². The zero-order valence-electron chi connectivity index (χ0n) is 28.6. The zero-order chi connectivity index (χ0) is 35.2. The number of aliphatic hydroxyl groups excluding tert-OH is 1. The molecule has 0 aliphatic rings. The van der Waals surface area contributed by atoms with E-state index in [1.54, 1.807) is 24.3 Å². The second-order valence-electron chi connectivity index (χ2n) is 11.7. The lowest BCUT2D eigenvalue weighted by Crippen LogP contribution is -2.31. The summed E-state index contributed by atoms with van der Waals surface area (Å²) in [6.45, 7) is 7.44. The van der Waals surface area contributed by atoms with Crippen molar-refractivity contribution in [1.82, 2.24) is 4.90 Å². The molecule has 50 heavy (non-hydrogen) atoms. The lowest BCUT2D eigenvalue weighted by Gasteiger charge is -2.20. The van der Waals surface area contributed by atoms with Gasteiger partial charge in [-0.2, -0.15) is 0 Å². The van der Waals surface area contributed by atoms with Crippen LogP contribution in [0.15, 0.2) is 114 Å². The van der Waals surface area contributed by atoms with E-state index in [4.69, 9.17) is 28.8 Å². The van der Waals surface area contributed by atoms with E-state index in [2.05, 4.69) is 11.8 Å². The fourth-order valence-corrected chi connectivity index (χ4v) is 5.98. The molecule has 0 bridgehead atoms. The van der Waals surface area contributed by atoms with Gasteiger partial charge in [-0.05, 0) is 83.7 Å². The summed E-state index contributed by atoms with van der Waals surface area (Å²) in [5, 5.41) is 10.6. The quantitative estimate of drug-likeness (QED) is 0.0860. The Bertz CT molecular complexity index is 1880. The third-order valence-electron chi connectivity index (χ3n) is 8.11. The van der Waals surface area contributed by atoms with Crippen molar-refractivity contribution in [3.05, 3.63) is 115 Å². The van der Waals surface area contributed by atoms with Gasteiger partial charge in [-0.1, -0.05) is 55.5 Å². The third-order valence-corrected chi connectivity index (χ3v) is 9.24. The zero-order valence-corrected chi connectivity index (χ0v) is 29.4. The SMILES string of the molecule is CCN(CCOCCOCCO)CCOc1ccc(Oc2c(-c3ccc(S(C)(=O)=O)cc3)ccc3cc(OCc4ccccc4)ccc23)cc1. The Labute approximate surface area is 294 Å². The Morgan fingerprint density at radius 2 is 1.36 bits per heavy atom. The number of fused-ring (bicyclic) bond motifs is 1. The largest absolute Gasteiger partial charge is 0.492 e. The minimum atomic E-state index is -3.33. The van der Waals surface area contributed by atoms with E-state index in [9.17, 15) is 8.42 Å². The molecule has 5 rings (SSSR count). The van der Waals surface area contributed by atoms with Gasteiger partial charge in [0.2, 0.25) is 0 Å². The van der Waals surface area contributed by atoms with Crippen LogP contribution < -0.4 is 14.2 Å². The van der Waals surface area contributed by atoms with Gasteiger partial charge >= 0.3 is 0 Å². The van der Waals surface area contributed by atoms with Crippen molar-refractivity contribution in [1.29, 1.82) is 0 Å². The molecule has 5 aromatic carbocycles. The van der Waals surface area contributed by atoms with Gasteiger partial charge in [0.25, 0.3) is 0 Å². The van der Waals surface area contributed by atoms with Gasteiger partial charge in [0.05, 0.1) is 37.9 Å². The minimum Gasteiger partial charge on any atom is -0.492 e. The summed E-state index contributed by atoms with van der Waals surface area (Å²) >= 11 is 0. The Kier molecular flexibility index (Phi) is 13.6. The molecule has 0 radical (unpaired) electrons. The fourth-order valence-electron chi connectivity index (χ4n) is 5.35. The number of rotatable bonds is 20. The number of hydrogen-bond donors (Lipinski definition) is 1. The number of ether oxygens (including phenoxy) is 5. The standard InChI is InChI=1S/C40H45NO8S/c1-3-41(21-24-45-27-28-46-26-23-42)22-25-47-34-12-14-35(15-13-34)49-40-38(32-9-17-37(18-10-32)50(2,43)44)19-11-33-29-36(16-20-39(33)40)48-30-31-7-5-4-6-8-31/h4-20,29,42H,3,21-28,30H2,1-2H3. The number of benzene rings is 5. The van der Waals surface area contributed by atoms with E-state index in [1.165, 1.54) is 6.26 Å². The van der Waals surface area contributed by atoms with Crippen LogP contribution in [0.2, 0.25) is 0 Å². The highest BCUT2D eigenvalue weighted by Crippen LogP contribution is 2.41. The topological polar surface area (TPSA) is 104 Å². The van der Waals surface area contributed by atoms with Gasteiger partial charge in [-0.3, -0.25) is 4.90 Å². The first-order valence-electron chi connectivity index (χ1n) is 16.8. The predicted octanol–water partition coefficient (Wildman–Crippen LogP) is 7.01. The van der Waals surface area contributed by atoms with Crippen LogP contribution in [0.4, 0.5) is 0 Å². The van der Waals surface area contributed by atoms with Crippen molar-refractivity contribution in [2.24, 2.45) is 0 Å². The lowest BCUT2D eigenvalue weighted by molar-refractivity contribution is 0.0260. The molecule has 0 fully saturated rings. The second kappa shape index (κ2) is 18.5. The molecule has 0 saturated carbocycles. The molecule has 0 spiro atoms. The van der Waals surface area contributed by atoms with Crippen LogP contribution in [-0.2, 0) is 25.9 Å². The summed E-state index contributed by atoms with van der Waals surface area (Å²) in [5.41, 5.74) is 2.75. The van der Waals surface area contributed by atoms with Crippen LogP contribution in [0.3, 0.4) is 0 Å². The molecule has 264 valence electrons. The maximum atomic E-state index is 12.1. The summed E-state index contributed by atoms with van der Waals surface area (Å²) in [5.74, 6) is 2.77. The average Bonchev–Trinajstić information content (AvgIpc) is 3.13. The van der Waals surface area contributed by atoms with Crippen LogP contribution in [0.5, 0.6) is 23.0 Å². The van der Waals surface area contributed by atoms with Gasteiger partial charge in [-0.25, -0.2) is 8.42 Å². The van der Waals surface area contributed by atoms with Gasteiger partial charge in [-0.15, -0.1) is 0 Å². The molecule has 0 heterocycles. The number of likely N-dealkylation sites (N-methyl/N-ethyl adjacent to an activating group) is 1. The van der Waals surface area contributed by atoms with Gasteiger partial charge in [0, 0.05) is 30.3 Å². The maximum absolute atomic E-state index is 12.1. The molecule has 0 atom stereocenters. The van der Waals surface area contributed by atoms with Gasteiger partial charge in [0.15, 0.2) is 9.84 Å². The van der Waals surface area contributed by atoms with Crippen LogP contribution in [0.1, 0.15) is 12.5 Å². The van der Waals surface area contributed by atoms with Gasteiger partial charge in [0.1, 0.15) is 36.2 Å².